The molecule has 0 aromatic heterocycles. The molecular weight excluding hydrogens is 360 g/mol. The first-order chi connectivity index (χ1) is 13.6. The summed E-state index contributed by atoms with van der Waals surface area (Å²) in [5, 5.41) is 5.32. The fourth-order valence-electron chi connectivity index (χ4n) is 2.61. The molecule has 0 saturated heterocycles. The van der Waals surface area contributed by atoms with E-state index in [1.54, 1.807) is 54.6 Å². The summed E-state index contributed by atoms with van der Waals surface area (Å²) in [4.78, 5) is 25.2. The van der Waals surface area contributed by atoms with E-state index in [-0.39, 0.29) is 19.0 Å². The predicted molar refractivity (Wildman–Crippen MR) is 104 cm³/mol. The number of nitrogens with one attached hydrogen (secondary N) is 2. The number of para-hydroxylation sites is 1. The van der Waals surface area contributed by atoms with E-state index in [2.05, 4.69) is 17.2 Å². The Morgan fingerprint density at radius 3 is 2.75 bits per heavy atom. The van der Waals surface area contributed by atoms with Crippen LogP contribution in [0.3, 0.4) is 0 Å². The maximum Gasteiger partial charge on any atom is 0.268 e. The predicted octanol–water partition coefficient (Wildman–Crippen LogP) is 2.50. The SMILES string of the molecule is C=CCNC(=O)C(=Cc1ccc2c(c1)OCO2)NC(=O)c1ccccc1OC. The maximum absolute atomic E-state index is 12.7. The molecule has 2 aromatic carbocycles. The molecule has 0 aliphatic carbocycles. The van der Waals surface area contributed by atoms with Gasteiger partial charge in [0.2, 0.25) is 6.79 Å². The number of carbonyl (C=O) groups is 2. The van der Waals surface area contributed by atoms with E-state index in [1.165, 1.54) is 7.11 Å². The molecule has 2 aromatic rings. The lowest BCUT2D eigenvalue weighted by Crippen LogP contribution is -2.35. The van der Waals surface area contributed by atoms with E-state index in [1.807, 2.05) is 0 Å². The third-order valence-corrected chi connectivity index (χ3v) is 3.96. The number of carbonyl (C=O) groups excluding carboxylic acids is 2. The van der Waals surface area contributed by atoms with Crippen LogP contribution in [0.5, 0.6) is 17.2 Å². The van der Waals surface area contributed by atoms with Gasteiger partial charge in [-0.15, -0.1) is 6.58 Å². The topological polar surface area (TPSA) is 85.9 Å². The smallest absolute Gasteiger partial charge is 0.268 e. The van der Waals surface area contributed by atoms with Crippen molar-refractivity contribution in [1.82, 2.24) is 10.6 Å². The second-order valence-corrected chi connectivity index (χ2v) is 5.82. The van der Waals surface area contributed by atoms with Gasteiger partial charge in [0.05, 0.1) is 12.7 Å². The minimum Gasteiger partial charge on any atom is -0.496 e. The molecule has 0 bridgehead atoms. The molecular formula is C21H20N2O5. The summed E-state index contributed by atoms with van der Waals surface area (Å²) >= 11 is 0. The van der Waals surface area contributed by atoms with Crippen LogP contribution in [0.25, 0.3) is 6.08 Å². The summed E-state index contributed by atoms with van der Waals surface area (Å²) < 4.78 is 15.9. The highest BCUT2D eigenvalue weighted by Crippen LogP contribution is 2.33. The lowest BCUT2D eigenvalue weighted by atomic mass is 10.1. The lowest BCUT2D eigenvalue weighted by Gasteiger charge is -2.12. The molecule has 0 fully saturated rings. The van der Waals surface area contributed by atoms with Crippen LogP contribution >= 0.6 is 0 Å². The first kappa shape index (κ1) is 19.0. The van der Waals surface area contributed by atoms with Crippen LogP contribution in [-0.2, 0) is 4.79 Å². The van der Waals surface area contributed by atoms with Crippen molar-refractivity contribution in [2.75, 3.05) is 20.4 Å². The van der Waals surface area contributed by atoms with Gasteiger partial charge in [-0.1, -0.05) is 24.3 Å². The summed E-state index contributed by atoms with van der Waals surface area (Å²) in [6.45, 7) is 4.00. The molecule has 0 atom stereocenters. The van der Waals surface area contributed by atoms with Gasteiger partial charge >= 0.3 is 0 Å². The van der Waals surface area contributed by atoms with Gasteiger partial charge in [-0.2, -0.15) is 0 Å². The average Bonchev–Trinajstić information content (AvgIpc) is 3.19. The van der Waals surface area contributed by atoms with Gasteiger partial charge in [0.15, 0.2) is 11.5 Å². The quantitative estimate of drug-likeness (QED) is 0.569. The summed E-state index contributed by atoms with van der Waals surface area (Å²) in [6.07, 6.45) is 3.12. The van der Waals surface area contributed by atoms with Crippen LogP contribution < -0.4 is 24.8 Å². The first-order valence-corrected chi connectivity index (χ1v) is 8.57. The molecule has 7 nitrogen and oxygen atoms in total. The molecule has 1 aliphatic rings. The summed E-state index contributed by atoms with van der Waals surface area (Å²) in [6, 6.07) is 12.0. The number of hydrogen-bond donors (Lipinski definition) is 2. The van der Waals surface area contributed by atoms with Gasteiger partial charge in [-0.3, -0.25) is 9.59 Å². The van der Waals surface area contributed by atoms with Crippen LogP contribution in [0, 0.1) is 0 Å². The molecule has 3 rings (SSSR count). The molecule has 28 heavy (non-hydrogen) atoms. The van der Waals surface area contributed by atoms with Crippen molar-refractivity contribution in [1.29, 1.82) is 0 Å². The number of benzene rings is 2. The Morgan fingerprint density at radius 2 is 1.96 bits per heavy atom. The number of methoxy groups -OCH3 is 1. The Kier molecular flexibility index (Phi) is 5.96. The zero-order chi connectivity index (χ0) is 19.9. The van der Waals surface area contributed by atoms with Crippen molar-refractivity contribution < 1.29 is 23.8 Å². The Bertz CT molecular complexity index is 936. The highest BCUT2D eigenvalue weighted by atomic mass is 16.7. The zero-order valence-electron chi connectivity index (χ0n) is 15.4. The number of amides is 2. The minimum atomic E-state index is -0.460. The second kappa shape index (κ2) is 8.77. The van der Waals surface area contributed by atoms with E-state index in [0.717, 1.165) is 0 Å². The molecule has 2 amide bonds. The van der Waals surface area contributed by atoms with Gasteiger partial charge < -0.3 is 24.8 Å². The third-order valence-electron chi connectivity index (χ3n) is 3.96. The lowest BCUT2D eigenvalue weighted by molar-refractivity contribution is -0.117. The minimum absolute atomic E-state index is 0.0802. The van der Waals surface area contributed by atoms with Crippen LogP contribution in [0.4, 0.5) is 0 Å². The van der Waals surface area contributed by atoms with Crippen LogP contribution in [0.15, 0.2) is 60.8 Å². The fraction of sp³-hybridized carbons (Fsp3) is 0.143. The second-order valence-electron chi connectivity index (χ2n) is 5.82. The summed E-state index contributed by atoms with van der Waals surface area (Å²) in [5.41, 5.74) is 1.07. The molecule has 1 heterocycles. The van der Waals surface area contributed by atoms with Crippen molar-refractivity contribution in [3.05, 3.63) is 71.9 Å². The van der Waals surface area contributed by atoms with Gasteiger partial charge in [0.1, 0.15) is 11.4 Å². The van der Waals surface area contributed by atoms with Gasteiger partial charge in [-0.05, 0) is 35.9 Å². The Balaban J connectivity index is 1.89. The Labute approximate surface area is 162 Å². The van der Waals surface area contributed by atoms with Gasteiger partial charge in [0, 0.05) is 6.54 Å². The van der Waals surface area contributed by atoms with Crippen molar-refractivity contribution >= 4 is 17.9 Å². The molecule has 144 valence electrons. The number of hydrogen-bond acceptors (Lipinski definition) is 5. The van der Waals surface area contributed by atoms with Crippen LogP contribution in [0.2, 0.25) is 0 Å². The summed E-state index contributed by atoms with van der Waals surface area (Å²) in [5.74, 6) is 0.719. The van der Waals surface area contributed by atoms with Crippen LogP contribution in [0.1, 0.15) is 15.9 Å². The molecule has 0 saturated carbocycles. The van der Waals surface area contributed by atoms with Gasteiger partial charge in [-0.25, -0.2) is 0 Å². The van der Waals surface area contributed by atoms with E-state index >= 15 is 0 Å². The molecule has 0 spiro atoms. The highest BCUT2D eigenvalue weighted by molar-refractivity contribution is 6.06. The molecule has 0 unspecified atom stereocenters. The number of ether oxygens (including phenoxy) is 3. The van der Waals surface area contributed by atoms with E-state index in [4.69, 9.17) is 14.2 Å². The zero-order valence-corrected chi connectivity index (χ0v) is 15.4. The normalized spacial score (nSPS) is 12.2. The van der Waals surface area contributed by atoms with Crippen molar-refractivity contribution in [2.45, 2.75) is 0 Å². The van der Waals surface area contributed by atoms with Crippen molar-refractivity contribution in [2.24, 2.45) is 0 Å². The van der Waals surface area contributed by atoms with Gasteiger partial charge in [0.25, 0.3) is 11.8 Å². The summed E-state index contributed by atoms with van der Waals surface area (Å²) in [7, 11) is 1.48. The fourth-order valence-corrected chi connectivity index (χ4v) is 2.61. The molecule has 7 heteroatoms. The molecule has 0 radical (unpaired) electrons. The molecule has 2 N–H and O–H groups in total. The largest absolute Gasteiger partial charge is 0.496 e. The van der Waals surface area contributed by atoms with E-state index in [0.29, 0.717) is 28.4 Å². The average molecular weight is 380 g/mol. The third kappa shape index (κ3) is 4.32. The number of fused-ring (bicyclic) bond motifs is 1. The van der Waals surface area contributed by atoms with Crippen LogP contribution in [-0.4, -0.2) is 32.3 Å². The monoisotopic (exact) mass is 380 g/mol. The maximum atomic E-state index is 12.7. The highest BCUT2D eigenvalue weighted by Gasteiger charge is 2.18. The number of rotatable bonds is 7. The Morgan fingerprint density at radius 1 is 1.18 bits per heavy atom. The standard InChI is InChI=1S/C21H20N2O5/c1-3-10-22-21(25)16(11-14-8-9-18-19(12-14)28-13-27-18)23-20(24)15-6-4-5-7-17(15)26-2/h3-9,11-12H,1,10,13H2,2H3,(H,22,25)(H,23,24). The molecule has 1 aliphatic heterocycles. The van der Waals surface area contributed by atoms with E-state index < -0.39 is 11.8 Å². The Hall–Kier alpha value is -3.74. The van der Waals surface area contributed by atoms with E-state index in [9.17, 15) is 9.59 Å². The van der Waals surface area contributed by atoms with Crippen molar-refractivity contribution in [3.63, 3.8) is 0 Å². The van der Waals surface area contributed by atoms with Crippen molar-refractivity contribution in [3.8, 4) is 17.2 Å². The first-order valence-electron chi connectivity index (χ1n) is 8.57.